The molecule has 4 rings (SSSR count). The van der Waals surface area contributed by atoms with Gasteiger partial charge >= 0.3 is 0 Å². The lowest BCUT2D eigenvalue weighted by Crippen LogP contribution is -2.38. The number of aliphatic hydroxyl groups excluding tert-OH is 1. The number of aromatic nitrogens is 4. The summed E-state index contributed by atoms with van der Waals surface area (Å²) in [6, 6.07) is 4.57. The second-order valence-electron chi connectivity index (χ2n) is 6.69. The molecule has 1 N–H and O–H groups in total. The van der Waals surface area contributed by atoms with Gasteiger partial charge in [-0.2, -0.15) is 33.7 Å². The summed E-state index contributed by atoms with van der Waals surface area (Å²) in [4.78, 5) is 2.62. The van der Waals surface area contributed by atoms with E-state index in [9.17, 15) is 5.11 Å². The normalized spacial score (nSPS) is 21.5. The summed E-state index contributed by atoms with van der Waals surface area (Å²) in [7, 11) is 1.85. The van der Waals surface area contributed by atoms with Crippen LogP contribution in [-0.4, -0.2) is 65.2 Å². The molecule has 2 aromatic heterocycles. The number of aliphatic hydroxyl groups is 1. The molecule has 8 heteroatoms. The fourth-order valence-corrected chi connectivity index (χ4v) is 6.20. The average Bonchev–Trinajstić information content (AvgIpc) is 3.03. The third kappa shape index (κ3) is 3.77. The van der Waals surface area contributed by atoms with E-state index >= 15 is 0 Å². The second-order valence-corrected chi connectivity index (χ2v) is 8.99. The number of aryl methyl sites for hydroxylation is 2. The first-order valence-electron chi connectivity index (χ1n) is 8.84. The first kappa shape index (κ1) is 17.5. The van der Waals surface area contributed by atoms with Gasteiger partial charge in [-0.05, 0) is 18.6 Å². The maximum atomic E-state index is 10.7. The Hall–Kier alpha value is -0.960. The number of hydrogen-bond donors (Lipinski definition) is 1. The summed E-state index contributed by atoms with van der Waals surface area (Å²) in [5, 5.41) is 19.5. The van der Waals surface area contributed by atoms with Crippen LogP contribution >= 0.6 is 23.5 Å². The van der Waals surface area contributed by atoms with Crippen LogP contribution in [0.3, 0.4) is 0 Å². The zero-order chi connectivity index (χ0) is 17.2. The van der Waals surface area contributed by atoms with E-state index in [1.807, 2.05) is 13.1 Å². The molecule has 0 amide bonds. The van der Waals surface area contributed by atoms with E-state index in [2.05, 4.69) is 44.3 Å². The van der Waals surface area contributed by atoms with Gasteiger partial charge in [0.25, 0.3) is 0 Å². The minimum Gasteiger partial charge on any atom is -0.380 e. The number of thioether (sulfide) groups is 2. The SMILES string of the molecule is Cn1nccc1C(O)c1cc2n(n1)CCCN(C1CSCCSC1)C2. The summed E-state index contributed by atoms with van der Waals surface area (Å²) < 4.78 is 3.80. The second kappa shape index (κ2) is 7.73. The van der Waals surface area contributed by atoms with Gasteiger partial charge in [0, 0.05) is 61.9 Å². The van der Waals surface area contributed by atoms with E-state index in [0.717, 1.165) is 37.4 Å². The Bertz CT molecular complexity index is 708. The Morgan fingerprint density at radius 1 is 1.24 bits per heavy atom. The van der Waals surface area contributed by atoms with Crippen LogP contribution in [0.15, 0.2) is 18.3 Å². The van der Waals surface area contributed by atoms with Crippen LogP contribution in [0.5, 0.6) is 0 Å². The van der Waals surface area contributed by atoms with Crippen LogP contribution in [0.2, 0.25) is 0 Å². The molecule has 0 saturated carbocycles. The molecule has 2 aliphatic heterocycles. The van der Waals surface area contributed by atoms with Crippen molar-refractivity contribution in [1.29, 1.82) is 0 Å². The molecule has 136 valence electrons. The zero-order valence-corrected chi connectivity index (χ0v) is 16.2. The van der Waals surface area contributed by atoms with Gasteiger partial charge in [-0.1, -0.05) is 0 Å². The van der Waals surface area contributed by atoms with Crippen molar-refractivity contribution in [2.75, 3.05) is 29.6 Å². The minimum absolute atomic E-state index is 0.643. The van der Waals surface area contributed by atoms with E-state index < -0.39 is 6.10 Å². The molecule has 0 aromatic carbocycles. The lowest BCUT2D eigenvalue weighted by atomic mass is 10.1. The third-order valence-electron chi connectivity index (χ3n) is 4.99. The van der Waals surface area contributed by atoms with Crippen LogP contribution in [0.1, 0.15) is 29.6 Å². The predicted octanol–water partition coefficient (Wildman–Crippen LogP) is 1.75. The fourth-order valence-electron chi connectivity index (χ4n) is 3.57. The highest BCUT2D eigenvalue weighted by molar-refractivity contribution is 8.03. The van der Waals surface area contributed by atoms with Crippen molar-refractivity contribution in [3.8, 4) is 0 Å². The number of hydrogen-bond acceptors (Lipinski definition) is 6. The monoisotopic (exact) mass is 379 g/mol. The highest BCUT2D eigenvalue weighted by Gasteiger charge is 2.26. The van der Waals surface area contributed by atoms with E-state index in [4.69, 9.17) is 5.10 Å². The average molecular weight is 380 g/mol. The van der Waals surface area contributed by atoms with Crippen LogP contribution in [0.4, 0.5) is 0 Å². The fraction of sp³-hybridized carbons (Fsp3) is 0.647. The van der Waals surface area contributed by atoms with Crippen molar-refractivity contribution < 1.29 is 5.11 Å². The van der Waals surface area contributed by atoms with Gasteiger partial charge in [-0.25, -0.2) is 0 Å². The molecule has 2 aromatic rings. The molecule has 1 saturated heterocycles. The van der Waals surface area contributed by atoms with Crippen molar-refractivity contribution in [2.24, 2.45) is 7.05 Å². The summed E-state index contributed by atoms with van der Waals surface area (Å²) in [6.45, 7) is 2.99. The number of fused-ring (bicyclic) bond motifs is 1. The standard InChI is InChI=1S/C17H25N5OS2/c1-20-16(3-4-18-20)17(23)15-9-13-10-21(5-2-6-22(13)19-15)14-11-24-7-8-25-12-14/h3-4,9,14,17,23H,2,5-8,10-12H2,1H3. The summed E-state index contributed by atoms with van der Waals surface area (Å²) in [6.07, 6.45) is 2.11. The van der Waals surface area contributed by atoms with E-state index in [1.165, 1.54) is 28.7 Å². The molecule has 0 radical (unpaired) electrons. The van der Waals surface area contributed by atoms with Crippen molar-refractivity contribution in [3.05, 3.63) is 35.4 Å². The highest BCUT2D eigenvalue weighted by atomic mass is 32.2. The van der Waals surface area contributed by atoms with E-state index in [-0.39, 0.29) is 0 Å². The maximum absolute atomic E-state index is 10.7. The lowest BCUT2D eigenvalue weighted by Gasteiger charge is -2.28. The van der Waals surface area contributed by atoms with Crippen LogP contribution < -0.4 is 0 Å². The predicted molar refractivity (Wildman–Crippen MR) is 103 cm³/mol. The van der Waals surface area contributed by atoms with Crippen molar-refractivity contribution >= 4 is 23.5 Å². The van der Waals surface area contributed by atoms with Crippen LogP contribution in [0, 0.1) is 0 Å². The zero-order valence-electron chi connectivity index (χ0n) is 14.5. The van der Waals surface area contributed by atoms with Gasteiger partial charge in [0.2, 0.25) is 0 Å². The first-order chi connectivity index (χ1) is 12.2. The summed E-state index contributed by atoms with van der Waals surface area (Å²) >= 11 is 4.16. The molecule has 1 fully saturated rings. The molecule has 4 heterocycles. The Morgan fingerprint density at radius 3 is 2.76 bits per heavy atom. The van der Waals surface area contributed by atoms with Crippen molar-refractivity contribution in [2.45, 2.75) is 31.7 Å². The first-order valence-corrected chi connectivity index (χ1v) is 11.2. The number of nitrogens with zero attached hydrogens (tertiary/aromatic N) is 5. The van der Waals surface area contributed by atoms with Gasteiger partial charge in [0.15, 0.2) is 0 Å². The molecule has 25 heavy (non-hydrogen) atoms. The van der Waals surface area contributed by atoms with E-state index in [0.29, 0.717) is 6.04 Å². The van der Waals surface area contributed by atoms with E-state index in [1.54, 1.807) is 10.9 Å². The van der Waals surface area contributed by atoms with Crippen molar-refractivity contribution in [1.82, 2.24) is 24.5 Å². The molecule has 0 spiro atoms. The Labute approximate surface area is 157 Å². The minimum atomic E-state index is -0.718. The van der Waals surface area contributed by atoms with Crippen LogP contribution in [-0.2, 0) is 20.1 Å². The van der Waals surface area contributed by atoms with Gasteiger partial charge in [-0.15, -0.1) is 0 Å². The van der Waals surface area contributed by atoms with Gasteiger partial charge in [0.05, 0.1) is 17.1 Å². The molecule has 1 unspecified atom stereocenters. The maximum Gasteiger partial charge on any atom is 0.139 e. The van der Waals surface area contributed by atoms with Crippen molar-refractivity contribution in [3.63, 3.8) is 0 Å². The molecule has 6 nitrogen and oxygen atoms in total. The smallest absolute Gasteiger partial charge is 0.139 e. The Balaban J connectivity index is 1.53. The Morgan fingerprint density at radius 2 is 2.04 bits per heavy atom. The molecule has 1 atom stereocenters. The Kier molecular flexibility index (Phi) is 5.40. The molecule has 0 bridgehead atoms. The van der Waals surface area contributed by atoms with Crippen LogP contribution in [0.25, 0.3) is 0 Å². The van der Waals surface area contributed by atoms with Gasteiger partial charge in [0.1, 0.15) is 6.10 Å². The molecular weight excluding hydrogens is 354 g/mol. The molecular formula is C17H25N5OS2. The number of rotatable bonds is 3. The van der Waals surface area contributed by atoms with Gasteiger partial charge < -0.3 is 5.11 Å². The molecule has 2 aliphatic rings. The summed E-state index contributed by atoms with van der Waals surface area (Å²) in [5.41, 5.74) is 2.72. The third-order valence-corrected chi connectivity index (χ3v) is 7.48. The lowest BCUT2D eigenvalue weighted by molar-refractivity contribution is 0.203. The summed E-state index contributed by atoms with van der Waals surface area (Å²) in [5.74, 6) is 5.00. The molecule has 0 aliphatic carbocycles. The largest absolute Gasteiger partial charge is 0.380 e. The topological polar surface area (TPSA) is 59.1 Å². The van der Waals surface area contributed by atoms with Gasteiger partial charge in [-0.3, -0.25) is 14.3 Å². The quantitative estimate of drug-likeness (QED) is 0.877. The highest BCUT2D eigenvalue weighted by Crippen LogP contribution is 2.26.